The molecule has 0 atom stereocenters. The fraction of sp³-hybridized carbons (Fsp3) is 0.455. The number of hydrogen-bond donors (Lipinski definition) is 2. The standard InChI is InChI=1S/C11H17FN2O2S/c1-11(2,8-13)14-17(15,16)7-9-4-3-5-10(12)6-9/h3-6,14H,7-8,13H2,1-2H3. The summed E-state index contributed by atoms with van der Waals surface area (Å²) >= 11 is 0. The molecule has 6 heteroatoms. The van der Waals surface area contributed by atoms with Crippen molar-refractivity contribution >= 4 is 10.0 Å². The van der Waals surface area contributed by atoms with Crippen LogP contribution in [0.4, 0.5) is 4.39 Å². The van der Waals surface area contributed by atoms with Crippen LogP contribution in [0.3, 0.4) is 0 Å². The fourth-order valence-corrected chi connectivity index (χ4v) is 2.96. The molecule has 0 radical (unpaired) electrons. The SMILES string of the molecule is CC(C)(CN)NS(=O)(=O)Cc1cccc(F)c1. The minimum Gasteiger partial charge on any atom is -0.329 e. The van der Waals surface area contributed by atoms with E-state index in [1.54, 1.807) is 19.9 Å². The highest BCUT2D eigenvalue weighted by Crippen LogP contribution is 2.10. The summed E-state index contributed by atoms with van der Waals surface area (Å²) < 4.78 is 39.0. The summed E-state index contributed by atoms with van der Waals surface area (Å²) in [4.78, 5) is 0. The van der Waals surface area contributed by atoms with Crippen LogP contribution in [0.2, 0.25) is 0 Å². The molecule has 0 fully saturated rings. The highest BCUT2D eigenvalue weighted by molar-refractivity contribution is 7.88. The van der Waals surface area contributed by atoms with Gasteiger partial charge in [0.2, 0.25) is 10.0 Å². The lowest BCUT2D eigenvalue weighted by atomic mass is 10.1. The van der Waals surface area contributed by atoms with Gasteiger partial charge in [0, 0.05) is 12.1 Å². The number of nitrogens with one attached hydrogen (secondary N) is 1. The van der Waals surface area contributed by atoms with Crippen molar-refractivity contribution in [3.63, 3.8) is 0 Å². The molecule has 0 heterocycles. The predicted molar refractivity (Wildman–Crippen MR) is 65.3 cm³/mol. The summed E-state index contributed by atoms with van der Waals surface area (Å²) in [5.41, 5.74) is 5.15. The number of sulfonamides is 1. The van der Waals surface area contributed by atoms with E-state index in [2.05, 4.69) is 4.72 Å². The Labute approximate surface area is 101 Å². The van der Waals surface area contributed by atoms with E-state index < -0.39 is 21.4 Å². The second kappa shape index (κ2) is 5.12. The number of benzene rings is 1. The molecule has 0 saturated carbocycles. The van der Waals surface area contributed by atoms with E-state index in [9.17, 15) is 12.8 Å². The van der Waals surface area contributed by atoms with Gasteiger partial charge < -0.3 is 5.73 Å². The van der Waals surface area contributed by atoms with Gasteiger partial charge in [-0.3, -0.25) is 0 Å². The molecule has 0 saturated heterocycles. The molecule has 0 aliphatic rings. The Morgan fingerprint density at radius 1 is 1.41 bits per heavy atom. The monoisotopic (exact) mass is 260 g/mol. The van der Waals surface area contributed by atoms with Crippen molar-refractivity contribution in [1.29, 1.82) is 0 Å². The molecule has 17 heavy (non-hydrogen) atoms. The van der Waals surface area contributed by atoms with Crippen LogP contribution < -0.4 is 10.5 Å². The summed E-state index contributed by atoms with van der Waals surface area (Å²) in [6, 6.07) is 5.52. The first-order chi connectivity index (χ1) is 7.74. The van der Waals surface area contributed by atoms with E-state index in [1.165, 1.54) is 18.2 Å². The molecule has 0 aliphatic heterocycles. The van der Waals surface area contributed by atoms with Gasteiger partial charge in [0.25, 0.3) is 0 Å². The first kappa shape index (κ1) is 14.1. The third-order valence-corrected chi connectivity index (χ3v) is 3.76. The van der Waals surface area contributed by atoms with Gasteiger partial charge in [0.15, 0.2) is 0 Å². The molecule has 1 aromatic carbocycles. The van der Waals surface area contributed by atoms with Gasteiger partial charge in [-0.05, 0) is 31.5 Å². The largest absolute Gasteiger partial charge is 0.329 e. The molecule has 4 nitrogen and oxygen atoms in total. The Kier molecular flexibility index (Phi) is 4.24. The Balaban J connectivity index is 2.81. The van der Waals surface area contributed by atoms with Crippen LogP contribution in [0.5, 0.6) is 0 Å². The summed E-state index contributed by atoms with van der Waals surface area (Å²) in [7, 11) is -3.52. The maximum Gasteiger partial charge on any atom is 0.216 e. The molecular formula is C11H17FN2O2S. The Bertz CT molecular complexity index is 486. The predicted octanol–water partition coefficient (Wildman–Crippen LogP) is 0.982. The second-order valence-corrected chi connectivity index (χ2v) is 6.30. The second-order valence-electron chi connectivity index (χ2n) is 4.58. The van der Waals surface area contributed by atoms with Crippen molar-refractivity contribution in [2.45, 2.75) is 25.1 Å². The van der Waals surface area contributed by atoms with E-state index in [0.29, 0.717) is 5.56 Å². The lowest BCUT2D eigenvalue weighted by molar-refractivity contribution is 0.462. The van der Waals surface area contributed by atoms with Gasteiger partial charge >= 0.3 is 0 Å². The lowest BCUT2D eigenvalue weighted by Gasteiger charge is -2.23. The van der Waals surface area contributed by atoms with Crippen molar-refractivity contribution in [3.05, 3.63) is 35.6 Å². The number of rotatable bonds is 5. The van der Waals surface area contributed by atoms with Gasteiger partial charge in [-0.2, -0.15) is 0 Å². The summed E-state index contributed by atoms with van der Waals surface area (Å²) in [6.45, 7) is 3.57. The van der Waals surface area contributed by atoms with Crippen LogP contribution in [-0.2, 0) is 15.8 Å². The molecule has 0 bridgehead atoms. The summed E-state index contributed by atoms with van der Waals surface area (Å²) in [5, 5.41) is 0. The molecule has 0 unspecified atom stereocenters. The zero-order valence-corrected chi connectivity index (χ0v) is 10.7. The molecule has 0 aliphatic carbocycles. The van der Waals surface area contributed by atoms with E-state index in [1.807, 2.05) is 0 Å². The summed E-state index contributed by atoms with van der Waals surface area (Å²) in [6.07, 6.45) is 0. The van der Waals surface area contributed by atoms with Gasteiger partial charge in [-0.15, -0.1) is 0 Å². The minimum atomic E-state index is -3.52. The van der Waals surface area contributed by atoms with Crippen molar-refractivity contribution in [3.8, 4) is 0 Å². The van der Waals surface area contributed by atoms with Crippen LogP contribution >= 0.6 is 0 Å². The quantitative estimate of drug-likeness (QED) is 0.829. The van der Waals surface area contributed by atoms with Gasteiger partial charge in [-0.1, -0.05) is 12.1 Å². The smallest absolute Gasteiger partial charge is 0.216 e. The van der Waals surface area contributed by atoms with Crippen molar-refractivity contribution in [2.75, 3.05) is 6.54 Å². The molecule has 1 rings (SSSR count). The molecule has 0 spiro atoms. The Morgan fingerprint density at radius 3 is 2.59 bits per heavy atom. The fourth-order valence-electron chi connectivity index (χ4n) is 1.34. The van der Waals surface area contributed by atoms with Crippen molar-refractivity contribution in [1.82, 2.24) is 4.72 Å². The van der Waals surface area contributed by atoms with Crippen molar-refractivity contribution in [2.24, 2.45) is 5.73 Å². The summed E-state index contributed by atoms with van der Waals surface area (Å²) in [5.74, 6) is -0.704. The molecular weight excluding hydrogens is 243 g/mol. The third kappa shape index (κ3) is 4.80. The van der Waals surface area contributed by atoms with E-state index in [-0.39, 0.29) is 12.3 Å². The zero-order valence-electron chi connectivity index (χ0n) is 9.90. The number of halogens is 1. The van der Waals surface area contributed by atoms with Gasteiger partial charge in [-0.25, -0.2) is 17.5 Å². The maximum atomic E-state index is 12.9. The number of nitrogens with two attached hydrogens (primary N) is 1. The van der Waals surface area contributed by atoms with E-state index in [4.69, 9.17) is 5.73 Å². The van der Waals surface area contributed by atoms with Crippen LogP contribution in [0.25, 0.3) is 0 Å². The van der Waals surface area contributed by atoms with Gasteiger partial charge in [0.05, 0.1) is 5.75 Å². The molecule has 0 aromatic heterocycles. The van der Waals surface area contributed by atoms with Crippen molar-refractivity contribution < 1.29 is 12.8 Å². The Hall–Kier alpha value is -0.980. The van der Waals surface area contributed by atoms with Gasteiger partial charge in [0.1, 0.15) is 5.82 Å². The Morgan fingerprint density at radius 2 is 2.06 bits per heavy atom. The topological polar surface area (TPSA) is 72.2 Å². The highest BCUT2D eigenvalue weighted by Gasteiger charge is 2.23. The minimum absolute atomic E-state index is 0.190. The molecule has 3 N–H and O–H groups in total. The number of hydrogen-bond acceptors (Lipinski definition) is 3. The lowest BCUT2D eigenvalue weighted by Crippen LogP contribution is -2.49. The molecule has 1 aromatic rings. The maximum absolute atomic E-state index is 12.9. The average Bonchev–Trinajstić information content (AvgIpc) is 2.15. The molecule has 96 valence electrons. The first-order valence-electron chi connectivity index (χ1n) is 5.20. The van der Waals surface area contributed by atoms with E-state index in [0.717, 1.165) is 0 Å². The van der Waals surface area contributed by atoms with Crippen LogP contribution in [0, 0.1) is 5.82 Å². The highest BCUT2D eigenvalue weighted by atomic mass is 32.2. The van der Waals surface area contributed by atoms with E-state index >= 15 is 0 Å². The average molecular weight is 260 g/mol. The van der Waals surface area contributed by atoms with Crippen LogP contribution in [-0.4, -0.2) is 20.5 Å². The van der Waals surface area contributed by atoms with Crippen LogP contribution in [0.1, 0.15) is 19.4 Å². The molecule has 0 amide bonds. The first-order valence-corrected chi connectivity index (χ1v) is 6.85. The normalized spacial score (nSPS) is 12.7. The van der Waals surface area contributed by atoms with Crippen LogP contribution in [0.15, 0.2) is 24.3 Å². The zero-order chi connectivity index (χ0) is 13.1. The third-order valence-electron chi connectivity index (χ3n) is 2.19.